The number of hydrogen-bond acceptors (Lipinski definition) is 5. The van der Waals surface area contributed by atoms with Crippen LogP contribution in [0.1, 0.15) is 51.4 Å². The van der Waals surface area contributed by atoms with Crippen molar-refractivity contribution < 1.29 is 24.2 Å². The summed E-state index contributed by atoms with van der Waals surface area (Å²) in [4.78, 5) is 36.9. The largest absolute Gasteiger partial charge is 0.480 e. The molecule has 2 unspecified atom stereocenters. The molecule has 6 heteroatoms. The predicted octanol–water partition coefficient (Wildman–Crippen LogP) is 4.34. The molecule has 0 heterocycles. The van der Waals surface area contributed by atoms with E-state index in [1.54, 1.807) is 11.8 Å². The minimum atomic E-state index is -1.25. The molecule has 1 aromatic rings. The van der Waals surface area contributed by atoms with Gasteiger partial charge < -0.3 is 9.84 Å². The molecule has 0 bridgehead atoms. The van der Waals surface area contributed by atoms with E-state index in [-0.39, 0.29) is 17.7 Å². The maximum Gasteiger partial charge on any atom is 0.317 e. The predicted molar refractivity (Wildman–Crippen MR) is 105 cm³/mol. The van der Waals surface area contributed by atoms with Crippen molar-refractivity contribution in [2.24, 2.45) is 11.3 Å². The van der Waals surface area contributed by atoms with Crippen molar-refractivity contribution in [3.63, 3.8) is 0 Å². The van der Waals surface area contributed by atoms with Crippen LogP contribution >= 0.6 is 11.8 Å². The molecule has 0 aromatic heterocycles. The highest BCUT2D eigenvalue weighted by atomic mass is 32.2. The van der Waals surface area contributed by atoms with Gasteiger partial charge in [-0.25, -0.2) is 0 Å². The van der Waals surface area contributed by atoms with Gasteiger partial charge in [0.25, 0.3) is 0 Å². The van der Waals surface area contributed by atoms with Crippen LogP contribution in [-0.4, -0.2) is 35.7 Å². The molecule has 2 atom stereocenters. The van der Waals surface area contributed by atoms with Gasteiger partial charge in [-0.3, -0.25) is 14.4 Å². The molecular formula is C21H28O5S. The molecule has 1 fully saturated rings. The Labute approximate surface area is 164 Å². The molecule has 1 aliphatic rings. The van der Waals surface area contributed by atoms with Crippen molar-refractivity contribution in [1.29, 1.82) is 0 Å². The summed E-state index contributed by atoms with van der Waals surface area (Å²) >= 11 is 1.63. The van der Waals surface area contributed by atoms with Gasteiger partial charge in [-0.1, -0.05) is 37.5 Å². The van der Waals surface area contributed by atoms with Gasteiger partial charge in [0.15, 0.2) is 5.78 Å². The number of esters is 1. The van der Waals surface area contributed by atoms with E-state index in [0.717, 1.165) is 24.2 Å². The molecule has 2 rings (SSSR count). The first-order valence-electron chi connectivity index (χ1n) is 9.52. The number of unbranched alkanes of at least 4 members (excludes halogenated alkanes) is 3. The normalized spacial score (nSPS) is 22.0. The number of hydrogen-bond donors (Lipinski definition) is 1. The third kappa shape index (κ3) is 5.58. The number of methoxy groups -OCH3 is 1. The first kappa shape index (κ1) is 21.5. The van der Waals surface area contributed by atoms with Gasteiger partial charge in [0.05, 0.1) is 7.11 Å². The topological polar surface area (TPSA) is 80.7 Å². The van der Waals surface area contributed by atoms with Gasteiger partial charge in [-0.2, -0.15) is 0 Å². The third-order valence-electron chi connectivity index (χ3n) is 5.42. The van der Waals surface area contributed by atoms with Crippen molar-refractivity contribution in [3.8, 4) is 0 Å². The van der Waals surface area contributed by atoms with Crippen LogP contribution in [0.25, 0.3) is 0 Å². The van der Waals surface area contributed by atoms with Crippen LogP contribution < -0.4 is 0 Å². The summed E-state index contributed by atoms with van der Waals surface area (Å²) in [5.74, 6) is -0.810. The van der Waals surface area contributed by atoms with Crippen LogP contribution in [-0.2, 0) is 19.1 Å². The van der Waals surface area contributed by atoms with Crippen molar-refractivity contribution in [3.05, 3.63) is 30.3 Å². The van der Waals surface area contributed by atoms with Crippen LogP contribution in [0.5, 0.6) is 0 Å². The molecular weight excluding hydrogens is 364 g/mol. The van der Waals surface area contributed by atoms with Gasteiger partial charge in [0, 0.05) is 23.5 Å². The fourth-order valence-electron chi connectivity index (χ4n) is 3.81. The number of carbonyl (C=O) groups excluding carboxylic acids is 2. The smallest absolute Gasteiger partial charge is 0.317 e. The molecule has 0 spiro atoms. The molecule has 0 amide bonds. The van der Waals surface area contributed by atoms with Gasteiger partial charge in [-0.15, -0.1) is 11.8 Å². The molecule has 1 aromatic carbocycles. The van der Waals surface area contributed by atoms with Crippen molar-refractivity contribution in [2.45, 2.75) is 56.3 Å². The lowest BCUT2D eigenvalue weighted by atomic mass is 9.74. The molecule has 0 aliphatic heterocycles. The van der Waals surface area contributed by atoms with Gasteiger partial charge in [0.1, 0.15) is 5.41 Å². The van der Waals surface area contributed by atoms with E-state index < -0.39 is 11.4 Å². The second-order valence-electron chi connectivity index (χ2n) is 7.05. The minimum absolute atomic E-state index is 0.122. The molecule has 0 saturated heterocycles. The summed E-state index contributed by atoms with van der Waals surface area (Å²) in [7, 11) is 1.37. The highest BCUT2D eigenvalue weighted by molar-refractivity contribution is 7.99. The molecule has 1 saturated carbocycles. The quantitative estimate of drug-likeness (QED) is 0.261. The summed E-state index contributed by atoms with van der Waals surface area (Å²) in [6.45, 7) is 0. The lowest BCUT2D eigenvalue weighted by molar-refractivity contribution is -0.156. The molecule has 27 heavy (non-hydrogen) atoms. The number of carbonyl (C=O) groups is 3. The Balaban J connectivity index is 1.91. The molecule has 1 aliphatic carbocycles. The van der Waals surface area contributed by atoms with Crippen molar-refractivity contribution in [2.75, 3.05) is 12.9 Å². The maximum atomic E-state index is 12.6. The van der Waals surface area contributed by atoms with Crippen molar-refractivity contribution >= 4 is 29.5 Å². The van der Waals surface area contributed by atoms with E-state index in [0.29, 0.717) is 37.9 Å². The summed E-state index contributed by atoms with van der Waals surface area (Å²) in [5, 5.41) is 9.92. The summed E-state index contributed by atoms with van der Waals surface area (Å²) in [5.41, 5.74) is -1.25. The fourth-order valence-corrected chi connectivity index (χ4v) is 5.01. The number of thioether (sulfide) groups is 1. The van der Waals surface area contributed by atoms with Crippen LogP contribution in [0.3, 0.4) is 0 Å². The second-order valence-corrected chi connectivity index (χ2v) is 8.14. The van der Waals surface area contributed by atoms with Crippen molar-refractivity contribution in [1.82, 2.24) is 0 Å². The zero-order chi connectivity index (χ0) is 19.7. The third-order valence-corrected chi connectivity index (χ3v) is 6.59. The lowest BCUT2D eigenvalue weighted by Crippen LogP contribution is -2.41. The van der Waals surface area contributed by atoms with Crippen LogP contribution in [0.2, 0.25) is 0 Å². The highest BCUT2D eigenvalue weighted by Crippen LogP contribution is 2.47. The summed E-state index contributed by atoms with van der Waals surface area (Å²) in [6.07, 6.45) is 4.84. The Kier molecular flexibility index (Phi) is 8.35. The number of ketones is 1. The SMILES string of the molecule is COC(=O)CCCCCCC1(C(=O)O)C(=O)CCC1CSc1ccccc1. The van der Waals surface area contributed by atoms with E-state index in [2.05, 4.69) is 4.74 Å². The fraction of sp³-hybridized carbons (Fsp3) is 0.571. The minimum Gasteiger partial charge on any atom is -0.480 e. The number of ether oxygens (including phenoxy) is 1. The number of Topliss-reactive ketones (excluding diaryl/α,β-unsaturated/α-hetero) is 1. The molecule has 148 valence electrons. The van der Waals surface area contributed by atoms with Gasteiger partial charge in [0.2, 0.25) is 0 Å². The average Bonchev–Trinajstić information content (AvgIpc) is 3.00. The number of aliphatic carboxylic acids is 1. The monoisotopic (exact) mass is 392 g/mol. The Morgan fingerprint density at radius 3 is 2.56 bits per heavy atom. The van der Waals surface area contributed by atoms with Gasteiger partial charge >= 0.3 is 11.9 Å². The van der Waals surface area contributed by atoms with Crippen LogP contribution in [0.15, 0.2) is 35.2 Å². The Morgan fingerprint density at radius 1 is 1.19 bits per heavy atom. The maximum absolute atomic E-state index is 12.6. The van der Waals surface area contributed by atoms with E-state index in [1.165, 1.54) is 7.11 Å². The Hall–Kier alpha value is -1.82. The van der Waals surface area contributed by atoms with E-state index in [4.69, 9.17) is 0 Å². The molecule has 0 radical (unpaired) electrons. The Bertz CT molecular complexity index is 645. The number of carboxylic acid groups (broad SMARTS) is 1. The molecule has 5 nitrogen and oxygen atoms in total. The summed E-state index contributed by atoms with van der Waals surface area (Å²) in [6, 6.07) is 9.88. The van der Waals surface area contributed by atoms with E-state index in [1.807, 2.05) is 30.3 Å². The van der Waals surface area contributed by atoms with Gasteiger partial charge in [-0.05, 0) is 37.3 Å². The van der Waals surface area contributed by atoms with E-state index in [9.17, 15) is 19.5 Å². The number of carboxylic acids is 1. The average molecular weight is 393 g/mol. The zero-order valence-electron chi connectivity index (χ0n) is 15.8. The zero-order valence-corrected chi connectivity index (χ0v) is 16.6. The van der Waals surface area contributed by atoms with Crippen LogP contribution in [0, 0.1) is 11.3 Å². The summed E-state index contributed by atoms with van der Waals surface area (Å²) < 4.78 is 4.61. The lowest BCUT2D eigenvalue weighted by Gasteiger charge is -2.29. The van der Waals surface area contributed by atoms with E-state index >= 15 is 0 Å². The first-order valence-corrected chi connectivity index (χ1v) is 10.5. The number of rotatable bonds is 11. The van der Waals surface area contributed by atoms with Crippen LogP contribution in [0.4, 0.5) is 0 Å². The first-order chi connectivity index (χ1) is 13.0. The molecule has 1 N–H and O–H groups in total. The second kappa shape index (κ2) is 10.5. The number of benzene rings is 1. The standard InChI is InChI=1S/C21H28O5S/c1-26-19(23)11-7-2-3-8-14-21(20(24)25)16(12-13-18(21)22)15-27-17-9-5-4-6-10-17/h4-6,9-10,16H,2-3,7-8,11-15H2,1H3,(H,24,25). The highest BCUT2D eigenvalue weighted by Gasteiger charge is 2.54. The Morgan fingerprint density at radius 2 is 1.89 bits per heavy atom.